The standard InChI is InChI=1S/C18H23BrN4O/c1-13(2)20-17-15(10-19)21-16-12-23(8-9-24-18(16)22-17)11-14-6-4-3-5-7-14/h3-7,13H,8-12H2,1-2H3,(H,20,22). The van der Waals surface area contributed by atoms with Crippen LogP contribution in [0.15, 0.2) is 30.3 Å². The summed E-state index contributed by atoms with van der Waals surface area (Å²) in [5, 5.41) is 4.02. The molecule has 0 radical (unpaired) electrons. The maximum absolute atomic E-state index is 5.87. The first-order valence-corrected chi connectivity index (χ1v) is 9.39. The van der Waals surface area contributed by atoms with Gasteiger partial charge in [0, 0.05) is 31.0 Å². The van der Waals surface area contributed by atoms with E-state index >= 15 is 0 Å². The normalized spacial score (nSPS) is 14.8. The second kappa shape index (κ2) is 7.94. The molecular weight excluding hydrogens is 368 g/mol. The molecule has 0 aliphatic carbocycles. The summed E-state index contributed by atoms with van der Waals surface area (Å²) in [5.41, 5.74) is 3.13. The molecule has 0 bridgehead atoms. The Morgan fingerprint density at radius 1 is 1.25 bits per heavy atom. The lowest BCUT2D eigenvalue weighted by Crippen LogP contribution is -2.25. The SMILES string of the molecule is CC(C)Nc1nc2c(nc1CBr)CN(Cc1ccccc1)CCO2. The highest BCUT2D eigenvalue weighted by Gasteiger charge is 2.21. The Morgan fingerprint density at radius 2 is 2.04 bits per heavy atom. The molecule has 6 heteroatoms. The summed E-state index contributed by atoms with van der Waals surface area (Å²) < 4.78 is 5.87. The van der Waals surface area contributed by atoms with Crippen LogP contribution in [0.4, 0.5) is 5.82 Å². The van der Waals surface area contributed by atoms with Gasteiger partial charge in [0.15, 0.2) is 5.82 Å². The van der Waals surface area contributed by atoms with Crippen molar-refractivity contribution in [3.63, 3.8) is 0 Å². The first kappa shape index (κ1) is 17.2. The number of hydrogen-bond acceptors (Lipinski definition) is 5. The van der Waals surface area contributed by atoms with E-state index in [0.29, 0.717) is 23.9 Å². The van der Waals surface area contributed by atoms with Crippen LogP contribution in [-0.2, 0) is 18.4 Å². The molecule has 24 heavy (non-hydrogen) atoms. The van der Waals surface area contributed by atoms with Gasteiger partial charge in [-0.15, -0.1) is 0 Å². The summed E-state index contributed by atoms with van der Waals surface area (Å²) in [7, 11) is 0. The number of anilines is 1. The number of fused-ring (bicyclic) bond motifs is 1. The van der Waals surface area contributed by atoms with Gasteiger partial charge in [-0.25, -0.2) is 4.98 Å². The molecule has 1 aliphatic heterocycles. The zero-order valence-corrected chi connectivity index (χ0v) is 15.7. The molecule has 0 spiro atoms. The highest BCUT2D eigenvalue weighted by atomic mass is 79.9. The number of benzene rings is 1. The molecule has 1 N–H and O–H groups in total. The minimum atomic E-state index is 0.301. The van der Waals surface area contributed by atoms with Gasteiger partial charge in [-0.2, -0.15) is 4.98 Å². The Bertz CT molecular complexity index is 678. The van der Waals surface area contributed by atoms with Crippen molar-refractivity contribution in [2.45, 2.75) is 38.3 Å². The van der Waals surface area contributed by atoms with Crippen LogP contribution in [0, 0.1) is 0 Å². The summed E-state index contributed by atoms with van der Waals surface area (Å²) in [6.07, 6.45) is 0. The molecule has 0 atom stereocenters. The maximum atomic E-state index is 5.87. The van der Waals surface area contributed by atoms with Gasteiger partial charge in [0.25, 0.3) is 0 Å². The van der Waals surface area contributed by atoms with Gasteiger partial charge in [0.2, 0.25) is 5.88 Å². The van der Waals surface area contributed by atoms with E-state index in [1.54, 1.807) is 0 Å². The smallest absolute Gasteiger partial charge is 0.239 e. The number of hydrogen-bond donors (Lipinski definition) is 1. The summed E-state index contributed by atoms with van der Waals surface area (Å²) >= 11 is 3.52. The van der Waals surface area contributed by atoms with Crippen LogP contribution in [-0.4, -0.2) is 34.1 Å². The number of ether oxygens (including phenoxy) is 1. The molecule has 128 valence electrons. The van der Waals surface area contributed by atoms with Gasteiger partial charge in [-0.05, 0) is 19.4 Å². The molecule has 0 fully saturated rings. The molecule has 1 aliphatic rings. The Hall–Kier alpha value is -1.66. The Labute approximate surface area is 151 Å². The van der Waals surface area contributed by atoms with Gasteiger partial charge in [0.1, 0.15) is 12.3 Å². The molecule has 0 amide bonds. The van der Waals surface area contributed by atoms with Crippen molar-refractivity contribution >= 4 is 21.7 Å². The molecule has 1 aromatic carbocycles. The first-order valence-electron chi connectivity index (χ1n) is 8.27. The van der Waals surface area contributed by atoms with Gasteiger partial charge < -0.3 is 10.1 Å². The molecule has 0 saturated heterocycles. The number of halogens is 1. The van der Waals surface area contributed by atoms with Crippen LogP contribution in [0.1, 0.15) is 30.8 Å². The largest absolute Gasteiger partial charge is 0.475 e. The van der Waals surface area contributed by atoms with Gasteiger partial charge in [0.05, 0.1) is 5.69 Å². The lowest BCUT2D eigenvalue weighted by molar-refractivity contribution is 0.217. The monoisotopic (exact) mass is 390 g/mol. The van der Waals surface area contributed by atoms with Crippen LogP contribution in [0.3, 0.4) is 0 Å². The number of rotatable bonds is 5. The average Bonchev–Trinajstić information content (AvgIpc) is 2.76. The fourth-order valence-electron chi connectivity index (χ4n) is 2.73. The number of alkyl halides is 1. The van der Waals surface area contributed by atoms with E-state index in [-0.39, 0.29) is 0 Å². The van der Waals surface area contributed by atoms with Crippen LogP contribution in [0.25, 0.3) is 0 Å². The number of aromatic nitrogens is 2. The number of nitrogens with one attached hydrogen (secondary N) is 1. The minimum absolute atomic E-state index is 0.301. The van der Waals surface area contributed by atoms with Crippen molar-refractivity contribution in [3.8, 4) is 5.88 Å². The molecule has 3 rings (SSSR count). The predicted molar refractivity (Wildman–Crippen MR) is 99.5 cm³/mol. The summed E-state index contributed by atoms with van der Waals surface area (Å²) in [6, 6.07) is 10.8. The summed E-state index contributed by atoms with van der Waals surface area (Å²) in [6.45, 7) is 7.31. The van der Waals surface area contributed by atoms with E-state index in [0.717, 1.165) is 36.8 Å². The van der Waals surface area contributed by atoms with Gasteiger partial charge in [-0.3, -0.25) is 4.90 Å². The molecular formula is C18H23BrN4O. The fraction of sp³-hybridized carbons (Fsp3) is 0.444. The molecule has 0 saturated carbocycles. The van der Waals surface area contributed by atoms with Crippen LogP contribution in [0.5, 0.6) is 5.88 Å². The van der Waals surface area contributed by atoms with Crippen molar-refractivity contribution < 1.29 is 4.74 Å². The Morgan fingerprint density at radius 3 is 2.75 bits per heavy atom. The lowest BCUT2D eigenvalue weighted by atomic mass is 10.2. The van der Waals surface area contributed by atoms with Crippen molar-refractivity contribution in [3.05, 3.63) is 47.3 Å². The van der Waals surface area contributed by atoms with Gasteiger partial charge >= 0.3 is 0 Å². The lowest BCUT2D eigenvalue weighted by Gasteiger charge is -2.19. The molecule has 2 heterocycles. The maximum Gasteiger partial charge on any atom is 0.239 e. The van der Waals surface area contributed by atoms with Crippen molar-refractivity contribution in [2.24, 2.45) is 0 Å². The zero-order valence-electron chi connectivity index (χ0n) is 14.1. The van der Waals surface area contributed by atoms with Crippen molar-refractivity contribution in [1.82, 2.24) is 14.9 Å². The van der Waals surface area contributed by atoms with Crippen LogP contribution < -0.4 is 10.1 Å². The van der Waals surface area contributed by atoms with Crippen molar-refractivity contribution in [1.29, 1.82) is 0 Å². The highest BCUT2D eigenvalue weighted by molar-refractivity contribution is 9.08. The topological polar surface area (TPSA) is 50.3 Å². The quantitative estimate of drug-likeness (QED) is 0.790. The average molecular weight is 391 g/mol. The van der Waals surface area contributed by atoms with E-state index in [1.165, 1.54) is 5.56 Å². The predicted octanol–water partition coefficient (Wildman–Crippen LogP) is 3.59. The minimum Gasteiger partial charge on any atom is -0.475 e. The Balaban J connectivity index is 1.82. The van der Waals surface area contributed by atoms with E-state index in [4.69, 9.17) is 9.72 Å². The molecule has 2 aromatic rings. The molecule has 0 unspecified atom stereocenters. The Kier molecular flexibility index (Phi) is 5.68. The van der Waals surface area contributed by atoms with Gasteiger partial charge in [-0.1, -0.05) is 46.3 Å². The van der Waals surface area contributed by atoms with Crippen LogP contribution in [0.2, 0.25) is 0 Å². The summed E-state index contributed by atoms with van der Waals surface area (Å²) in [5.74, 6) is 1.45. The highest BCUT2D eigenvalue weighted by Crippen LogP contribution is 2.25. The third-order valence-corrected chi connectivity index (χ3v) is 4.36. The summed E-state index contributed by atoms with van der Waals surface area (Å²) in [4.78, 5) is 11.8. The molecule has 5 nitrogen and oxygen atoms in total. The second-order valence-electron chi connectivity index (χ2n) is 6.25. The first-order chi connectivity index (χ1) is 11.7. The third-order valence-electron chi connectivity index (χ3n) is 3.82. The third kappa shape index (κ3) is 4.24. The molecule has 1 aromatic heterocycles. The zero-order chi connectivity index (χ0) is 16.9. The van der Waals surface area contributed by atoms with E-state index < -0.39 is 0 Å². The van der Waals surface area contributed by atoms with E-state index in [9.17, 15) is 0 Å². The second-order valence-corrected chi connectivity index (χ2v) is 6.81. The number of nitrogens with zero attached hydrogens (tertiary/aromatic N) is 3. The van der Waals surface area contributed by atoms with E-state index in [2.05, 4.69) is 69.2 Å². The van der Waals surface area contributed by atoms with E-state index in [1.807, 2.05) is 6.07 Å². The van der Waals surface area contributed by atoms with Crippen molar-refractivity contribution in [2.75, 3.05) is 18.5 Å². The fourth-order valence-corrected chi connectivity index (χ4v) is 3.12. The van der Waals surface area contributed by atoms with Crippen LogP contribution >= 0.6 is 15.9 Å².